The fourth-order valence-electron chi connectivity index (χ4n) is 1.83. The zero-order valence-electron chi connectivity index (χ0n) is 10.6. The van der Waals surface area contributed by atoms with Gasteiger partial charge in [-0.25, -0.2) is 4.79 Å². The summed E-state index contributed by atoms with van der Waals surface area (Å²) in [5.74, 6) is 0.484. The molecule has 0 spiro atoms. The summed E-state index contributed by atoms with van der Waals surface area (Å²) in [6.45, 7) is 10.4. The minimum Gasteiger partial charge on any atom is -0.306 e. The topological polar surface area (TPSA) is 48.6 Å². The van der Waals surface area contributed by atoms with Crippen LogP contribution in [0.3, 0.4) is 0 Å². The molecule has 1 heterocycles. The molecule has 0 atom stereocenters. The number of benzene rings is 1. The minimum absolute atomic E-state index is 0.139. The normalized spacial score (nSPS) is 10.4. The third-order valence-corrected chi connectivity index (χ3v) is 2.52. The lowest BCUT2D eigenvalue weighted by atomic mass is 9.97. The Balaban J connectivity index is 0.000000606. The zero-order valence-corrected chi connectivity index (χ0v) is 10.6. The summed E-state index contributed by atoms with van der Waals surface area (Å²) in [5, 5.41) is 0. The third kappa shape index (κ3) is 2.35. The van der Waals surface area contributed by atoms with Crippen molar-refractivity contribution in [3.8, 4) is 0 Å². The van der Waals surface area contributed by atoms with Crippen LogP contribution in [0.15, 0.2) is 16.9 Å². The number of nitrogens with one attached hydrogen (secondary N) is 2. The van der Waals surface area contributed by atoms with Gasteiger partial charge < -0.3 is 9.97 Å². The summed E-state index contributed by atoms with van der Waals surface area (Å²) in [6, 6.07) is 4.07. The first-order chi connectivity index (χ1) is 7.58. The molecule has 0 unspecified atom stereocenters. The summed E-state index contributed by atoms with van der Waals surface area (Å²) < 4.78 is 0. The van der Waals surface area contributed by atoms with Crippen LogP contribution in [0.25, 0.3) is 11.0 Å². The molecular weight excluding hydrogens is 200 g/mol. The third-order valence-electron chi connectivity index (χ3n) is 2.52. The SMILES string of the molecule is CC.Cc1cc2[nH]c(=O)[nH]c2cc1C(C)C. The van der Waals surface area contributed by atoms with E-state index in [4.69, 9.17) is 0 Å². The molecule has 3 heteroatoms. The van der Waals surface area contributed by atoms with E-state index in [1.807, 2.05) is 26.0 Å². The number of rotatable bonds is 1. The Kier molecular flexibility index (Phi) is 3.93. The van der Waals surface area contributed by atoms with Crippen molar-refractivity contribution in [3.63, 3.8) is 0 Å². The summed E-state index contributed by atoms with van der Waals surface area (Å²) in [6.07, 6.45) is 0. The standard InChI is InChI=1S/C11H14N2O.C2H6/c1-6(2)8-5-10-9(4-7(8)3)12-11(14)13-10;1-2/h4-6H,1-3H3,(H2,12,13,14);1-2H3. The highest BCUT2D eigenvalue weighted by Gasteiger charge is 2.06. The van der Waals surface area contributed by atoms with Gasteiger partial charge in [-0.2, -0.15) is 0 Å². The number of H-pyrrole nitrogens is 2. The van der Waals surface area contributed by atoms with E-state index in [2.05, 4.69) is 30.7 Å². The average molecular weight is 220 g/mol. The van der Waals surface area contributed by atoms with Gasteiger partial charge in [-0.3, -0.25) is 0 Å². The summed E-state index contributed by atoms with van der Waals surface area (Å²) in [4.78, 5) is 16.6. The predicted molar refractivity (Wildman–Crippen MR) is 69.1 cm³/mol. The van der Waals surface area contributed by atoms with Crippen molar-refractivity contribution in [1.29, 1.82) is 0 Å². The van der Waals surface area contributed by atoms with Crippen LogP contribution in [-0.2, 0) is 0 Å². The highest BCUT2D eigenvalue weighted by atomic mass is 16.1. The van der Waals surface area contributed by atoms with Gasteiger partial charge in [0.1, 0.15) is 0 Å². The number of aromatic amines is 2. The highest BCUT2D eigenvalue weighted by molar-refractivity contribution is 5.76. The van der Waals surface area contributed by atoms with Gasteiger partial charge in [0, 0.05) is 0 Å². The molecule has 2 N–H and O–H groups in total. The second kappa shape index (κ2) is 5.01. The maximum Gasteiger partial charge on any atom is 0.323 e. The quantitative estimate of drug-likeness (QED) is 0.761. The van der Waals surface area contributed by atoms with E-state index in [0.717, 1.165) is 11.0 Å². The van der Waals surface area contributed by atoms with Gasteiger partial charge in [-0.1, -0.05) is 27.7 Å². The Bertz CT molecular complexity index is 520. The zero-order chi connectivity index (χ0) is 12.3. The van der Waals surface area contributed by atoms with Crippen LogP contribution in [0.4, 0.5) is 0 Å². The van der Waals surface area contributed by atoms with Crippen molar-refractivity contribution in [1.82, 2.24) is 9.97 Å². The van der Waals surface area contributed by atoms with E-state index in [-0.39, 0.29) is 5.69 Å². The van der Waals surface area contributed by atoms with Gasteiger partial charge in [0.05, 0.1) is 11.0 Å². The number of aromatic nitrogens is 2. The molecule has 2 aromatic rings. The molecule has 1 aromatic carbocycles. The van der Waals surface area contributed by atoms with Gasteiger partial charge in [0.15, 0.2) is 0 Å². The van der Waals surface area contributed by atoms with E-state index in [0.29, 0.717) is 5.92 Å². The van der Waals surface area contributed by atoms with E-state index in [9.17, 15) is 4.79 Å². The first-order valence-electron chi connectivity index (χ1n) is 5.80. The maximum absolute atomic E-state index is 11.1. The lowest BCUT2D eigenvalue weighted by Crippen LogP contribution is -1.99. The molecule has 0 saturated carbocycles. The van der Waals surface area contributed by atoms with Crippen LogP contribution in [0.1, 0.15) is 44.7 Å². The minimum atomic E-state index is -0.139. The Morgan fingerprint density at radius 3 is 2.06 bits per heavy atom. The van der Waals surface area contributed by atoms with Crippen molar-refractivity contribution in [2.45, 2.75) is 40.5 Å². The molecule has 0 fully saturated rings. The van der Waals surface area contributed by atoms with Crippen LogP contribution in [0.2, 0.25) is 0 Å². The van der Waals surface area contributed by atoms with Crippen LogP contribution in [0.5, 0.6) is 0 Å². The monoisotopic (exact) mass is 220 g/mol. The van der Waals surface area contributed by atoms with Crippen LogP contribution in [0, 0.1) is 6.92 Å². The van der Waals surface area contributed by atoms with Crippen molar-refractivity contribution in [2.75, 3.05) is 0 Å². The van der Waals surface area contributed by atoms with E-state index < -0.39 is 0 Å². The molecule has 16 heavy (non-hydrogen) atoms. The number of aryl methyl sites for hydroxylation is 1. The Labute approximate surface area is 95.9 Å². The van der Waals surface area contributed by atoms with Crippen molar-refractivity contribution in [3.05, 3.63) is 33.7 Å². The highest BCUT2D eigenvalue weighted by Crippen LogP contribution is 2.22. The Morgan fingerprint density at radius 2 is 1.56 bits per heavy atom. The van der Waals surface area contributed by atoms with Gasteiger partial charge in [-0.15, -0.1) is 0 Å². The second-order valence-corrected chi connectivity index (χ2v) is 3.99. The fourth-order valence-corrected chi connectivity index (χ4v) is 1.83. The molecule has 0 aliphatic rings. The number of fused-ring (bicyclic) bond motifs is 1. The smallest absolute Gasteiger partial charge is 0.306 e. The lowest BCUT2D eigenvalue weighted by molar-refractivity contribution is 0.858. The van der Waals surface area contributed by atoms with Crippen molar-refractivity contribution >= 4 is 11.0 Å². The van der Waals surface area contributed by atoms with Gasteiger partial charge in [0.2, 0.25) is 0 Å². The Hall–Kier alpha value is -1.51. The number of hydrogen-bond acceptors (Lipinski definition) is 1. The van der Waals surface area contributed by atoms with Crippen LogP contribution in [-0.4, -0.2) is 9.97 Å². The molecule has 0 radical (unpaired) electrons. The molecule has 0 saturated heterocycles. The molecule has 3 nitrogen and oxygen atoms in total. The molecule has 0 aliphatic heterocycles. The molecule has 2 rings (SSSR count). The number of imidazole rings is 1. The largest absolute Gasteiger partial charge is 0.323 e. The maximum atomic E-state index is 11.1. The summed E-state index contributed by atoms with van der Waals surface area (Å²) in [5.41, 5.74) is 4.15. The molecule has 0 aliphatic carbocycles. The fraction of sp³-hybridized carbons (Fsp3) is 0.462. The first-order valence-corrected chi connectivity index (χ1v) is 5.80. The number of hydrogen-bond donors (Lipinski definition) is 2. The van der Waals surface area contributed by atoms with Crippen LogP contribution < -0.4 is 5.69 Å². The van der Waals surface area contributed by atoms with E-state index in [1.54, 1.807) is 0 Å². The lowest BCUT2D eigenvalue weighted by Gasteiger charge is -2.08. The van der Waals surface area contributed by atoms with Gasteiger partial charge in [0.25, 0.3) is 0 Å². The molecule has 0 bridgehead atoms. The van der Waals surface area contributed by atoms with Gasteiger partial charge in [-0.05, 0) is 36.1 Å². The van der Waals surface area contributed by atoms with E-state index in [1.165, 1.54) is 11.1 Å². The summed E-state index contributed by atoms with van der Waals surface area (Å²) >= 11 is 0. The van der Waals surface area contributed by atoms with Gasteiger partial charge >= 0.3 is 5.69 Å². The van der Waals surface area contributed by atoms with Crippen LogP contribution >= 0.6 is 0 Å². The second-order valence-electron chi connectivity index (χ2n) is 3.99. The first kappa shape index (κ1) is 12.6. The molecule has 0 amide bonds. The average Bonchev–Trinajstić information content (AvgIpc) is 2.58. The Morgan fingerprint density at radius 1 is 1.06 bits per heavy atom. The van der Waals surface area contributed by atoms with Crippen molar-refractivity contribution in [2.24, 2.45) is 0 Å². The van der Waals surface area contributed by atoms with E-state index >= 15 is 0 Å². The molecule has 88 valence electrons. The molecular formula is C13H20N2O. The van der Waals surface area contributed by atoms with Crippen molar-refractivity contribution < 1.29 is 0 Å². The summed E-state index contributed by atoms with van der Waals surface area (Å²) in [7, 11) is 0. The molecule has 1 aromatic heterocycles. The predicted octanol–water partition coefficient (Wildman–Crippen LogP) is 3.31.